The molecule has 0 unspecified atom stereocenters. The van der Waals surface area contributed by atoms with Gasteiger partial charge in [-0.2, -0.15) is 8.42 Å². The number of phenols is 1. The first-order chi connectivity index (χ1) is 7.79. The van der Waals surface area contributed by atoms with Gasteiger partial charge in [0.25, 0.3) is 10.1 Å². The molecule has 0 aliphatic rings. The van der Waals surface area contributed by atoms with Crippen LogP contribution in [-0.2, 0) is 10.1 Å². The molecule has 6 nitrogen and oxygen atoms in total. The van der Waals surface area contributed by atoms with Crippen LogP contribution in [0, 0.1) is 6.92 Å². The summed E-state index contributed by atoms with van der Waals surface area (Å²) in [6.45, 7) is 1.59. The summed E-state index contributed by atoms with van der Waals surface area (Å²) in [6, 6.07) is 3.22. The fraction of sp³-hybridized carbons (Fsp3) is 0.100. The van der Waals surface area contributed by atoms with Crippen molar-refractivity contribution < 1.29 is 22.5 Å². The van der Waals surface area contributed by atoms with Crippen molar-refractivity contribution in [2.75, 3.05) is 0 Å². The Morgan fingerprint density at radius 2 is 1.88 bits per heavy atom. The zero-order valence-corrected chi connectivity index (χ0v) is 9.48. The van der Waals surface area contributed by atoms with Crippen molar-refractivity contribution in [2.45, 2.75) is 11.8 Å². The summed E-state index contributed by atoms with van der Waals surface area (Å²) in [5.41, 5.74) is -0.0601. The topological polar surface area (TPSA) is 105 Å². The second-order valence-electron chi connectivity index (χ2n) is 3.54. The Hall–Kier alpha value is -1.86. The molecule has 0 saturated carbocycles. The van der Waals surface area contributed by atoms with E-state index in [1.165, 1.54) is 6.07 Å². The molecule has 90 valence electrons. The summed E-state index contributed by atoms with van der Waals surface area (Å²) in [5.74, 6) is -0.672. The summed E-state index contributed by atoms with van der Waals surface area (Å²) in [5, 5.41) is 9.75. The summed E-state index contributed by atoms with van der Waals surface area (Å²) in [6.07, 6.45) is 0. The maximum Gasteiger partial charge on any atom is 0.336 e. The maximum absolute atomic E-state index is 11.1. The van der Waals surface area contributed by atoms with Crippen LogP contribution in [-0.4, -0.2) is 18.1 Å². The first-order valence-electron chi connectivity index (χ1n) is 4.54. The summed E-state index contributed by atoms with van der Waals surface area (Å²) >= 11 is 0. The Kier molecular flexibility index (Phi) is 2.44. The van der Waals surface area contributed by atoms with Crippen molar-refractivity contribution in [3.05, 3.63) is 34.2 Å². The van der Waals surface area contributed by atoms with Gasteiger partial charge in [-0.3, -0.25) is 4.55 Å². The molecule has 17 heavy (non-hydrogen) atoms. The minimum Gasteiger partial charge on any atom is -0.506 e. The van der Waals surface area contributed by atoms with Gasteiger partial charge < -0.3 is 9.52 Å². The van der Waals surface area contributed by atoms with E-state index < -0.39 is 26.4 Å². The molecule has 1 aromatic heterocycles. The lowest BCUT2D eigenvalue weighted by Crippen LogP contribution is -2.01. The van der Waals surface area contributed by atoms with Crippen LogP contribution in [0.2, 0.25) is 0 Å². The van der Waals surface area contributed by atoms with E-state index in [4.69, 9.17) is 8.97 Å². The fourth-order valence-electron chi connectivity index (χ4n) is 1.54. The van der Waals surface area contributed by atoms with E-state index in [1.54, 1.807) is 6.92 Å². The number of hydrogen-bond acceptors (Lipinski definition) is 5. The Bertz CT molecular complexity index is 756. The summed E-state index contributed by atoms with van der Waals surface area (Å²) in [7, 11) is -4.52. The van der Waals surface area contributed by atoms with Gasteiger partial charge in [0.1, 0.15) is 16.2 Å². The third-order valence-electron chi connectivity index (χ3n) is 2.31. The number of fused-ring (bicyclic) bond motifs is 1. The minimum absolute atomic E-state index is 0.0555. The van der Waals surface area contributed by atoms with Crippen molar-refractivity contribution in [1.29, 1.82) is 0 Å². The quantitative estimate of drug-likeness (QED) is 0.583. The zero-order chi connectivity index (χ0) is 12.8. The second kappa shape index (κ2) is 3.57. The molecule has 7 heteroatoms. The third kappa shape index (κ3) is 2.02. The molecule has 0 saturated heterocycles. The molecular weight excluding hydrogens is 248 g/mol. The smallest absolute Gasteiger partial charge is 0.336 e. The van der Waals surface area contributed by atoms with Gasteiger partial charge in [-0.05, 0) is 18.6 Å². The zero-order valence-electron chi connectivity index (χ0n) is 8.67. The normalized spacial score (nSPS) is 11.9. The fourth-order valence-corrected chi connectivity index (χ4v) is 2.13. The molecule has 0 fully saturated rings. The van der Waals surface area contributed by atoms with Crippen LogP contribution in [0.15, 0.2) is 32.3 Å². The largest absolute Gasteiger partial charge is 0.506 e. The molecule has 1 aromatic carbocycles. The van der Waals surface area contributed by atoms with Gasteiger partial charge in [0.15, 0.2) is 0 Å². The highest BCUT2D eigenvalue weighted by atomic mass is 32.2. The van der Waals surface area contributed by atoms with Crippen molar-refractivity contribution in [3.8, 4) is 5.75 Å². The highest BCUT2D eigenvalue weighted by Crippen LogP contribution is 2.29. The average Bonchev–Trinajstić information content (AvgIpc) is 2.13. The molecule has 0 atom stereocenters. The van der Waals surface area contributed by atoms with Gasteiger partial charge in [0.05, 0.1) is 0 Å². The van der Waals surface area contributed by atoms with Crippen LogP contribution in [0.4, 0.5) is 0 Å². The van der Waals surface area contributed by atoms with Crippen molar-refractivity contribution in [1.82, 2.24) is 0 Å². The first kappa shape index (κ1) is 11.6. The maximum atomic E-state index is 11.1. The Morgan fingerprint density at radius 1 is 1.24 bits per heavy atom. The lowest BCUT2D eigenvalue weighted by Gasteiger charge is -2.05. The Labute approximate surface area is 95.9 Å². The molecule has 0 spiro atoms. The monoisotopic (exact) mass is 256 g/mol. The second-order valence-corrected chi connectivity index (χ2v) is 4.93. The van der Waals surface area contributed by atoms with E-state index in [0.717, 1.165) is 12.1 Å². The lowest BCUT2D eigenvalue weighted by atomic mass is 10.1. The molecule has 0 bridgehead atoms. The standard InChI is InChI=1S/C10H8O6S/c1-5-2-10(12)16-8-4-7(11)9(3-6(5)8)17(13,14)15/h2-4,11H,1H3,(H,13,14,15). The lowest BCUT2D eigenvalue weighted by molar-refractivity contribution is 0.442. The predicted octanol–water partition coefficient (Wildman–Crippen LogP) is 1.05. The molecule has 2 aromatic rings. The van der Waals surface area contributed by atoms with Crippen molar-refractivity contribution in [2.24, 2.45) is 0 Å². The minimum atomic E-state index is -4.52. The van der Waals surface area contributed by atoms with Crippen LogP contribution >= 0.6 is 0 Å². The van der Waals surface area contributed by atoms with Gasteiger partial charge in [-0.1, -0.05) is 0 Å². The molecule has 0 radical (unpaired) electrons. The number of aryl methyl sites for hydroxylation is 1. The predicted molar refractivity (Wildman–Crippen MR) is 58.7 cm³/mol. The van der Waals surface area contributed by atoms with Gasteiger partial charge in [-0.25, -0.2) is 4.79 Å². The number of hydrogen-bond donors (Lipinski definition) is 2. The van der Waals surface area contributed by atoms with Gasteiger partial charge in [0, 0.05) is 17.5 Å². The summed E-state index contributed by atoms with van der Waals surface area (Å²) in [4.78, 5) is 10.5. The molecule has 2 N–H and O–H groups in total. The van der Waals surface area contributed by atoms with Crippen LogP contribution in [0.5, 0.6) is 5.75 Å². The molecule has 1 heterocycles. The average molecular weight is 256 g/mol. The van der Waals surface area contributed by atoms with Crippen LogP contribution in [0.25, 0.3) is 11.0 Å². The van der Waals surface area contributed by atoms with E-state index in [2.05, 4.69) is 0 Å². The SMILES string of the molecule is Cc1cc(=O)oc2cc(O)c(S(=O)(=O)O)cc12. The molecule has 0 amide bonds. The van der Waals surface area contributed by atoms with E-state index in [-0.39, 0.29) is 5.58 Å². The highest BCUT2D eigenvalue weighted by molar-refractivity contribution is 7.86. The van der Waals surface area contributed by atoms with Crippen LogP contribution < -0.4 is 5.63 Å². The van der Waals surface area contributed by atoms with E-state index >= 15 is 0 Å². The Balaban J connectivity index is 2.96. The van der Waals surface area contributed by atoms with E-state index in [0.29, 0.717) is 10.9 Å². The first-order valence-corrected chi connectivity index (χ1v) is 5.98. The van der Waals surface area contributed by atoms with Crippen molar-refractivity contribution >= 4 is 21.1 Å². The van der Waals surface area contributed by atoms with Crippen LogP contribution in [0.3, 0.4) is 0 Å². The van der Waals surface area contributed by atoms with Gasteiger partial charge in [-0.15, -0.1) is 0 Å². The van der Waals surface area contributed by atoms with Gasteiger partial charge >= 0.3 is 5.63 Å². The number of phenolic OH excluding ortho intramolecular Hbond substituents is 1. The van der Waals surface area contributed by atoms with Crippen molar-refractivity contribution in [3.63, 3.8) is 0 Å². The molecule has 2 rings (SSSR count). The van der Waals surface area contributed by atoms with Crippen LogP contribution in [0.1, 0.15) is 5.56 Å². The van der Waals surface area contributed by atoms with E-state index in [1.807, 2.05) is 0 Å². The summed E-state index contributed by atoms with van der Waals surface area (Å²) < 4.78 is 35.7. The van der Waals surface area contributed by atoms with Gasteiger partial charge in [0.2, 0.25) is 0 Å². The third-order valence-corrected chi connectivity index (χ3v) is 3.19. The number of rotatable bonds is 1. The molecule has 0 aliphatic carbocycles. The molecule has 0 aliphatic heterocycles. The highest BCUT2D eigenvalue weighted by Gasteiger charge is 2.18. The Morgan fingerprint density at radius 3 is 2.47 bits per heavy atom. The number of aromatic hydroxyl groups is 1. The number of benzene rings is 1. The molecular formula is C10H8O6S. The van der Waals surface area contributed by atoms with E-state index in [9.17, 15) is 18.3 Å².